The first-order valence-electron chi connectivity index (χ1n) is 4.28. The molecule has 0 saturated carbocycles. The number of aromatic nitrogens is 2. The number of aromatic carboxylic acids is 1. The monoisotopic (exact) mass is 220 g/mol. The van der Waals surface area contributed by atoms with Crippen molar-refractivity contribution in [2.24, 2.45) is 0 Å². The minimum Gasteiger partial charge on any atom is -0.477 e. The Bertz CT molecular complexity index is 490. The molecule has 1 N–H and O–H groups in total. The van der Waals surface area contributed by atoms with Crippen LogP contribution in [0.15, 0.2) is 23.7 Å². The third-order valence-corrected chi connectivity index (χ3v) is 2.86. The molecule has 2 heterocycles. The van der Waals surface area contributed by atoms with Crippen LogP contribution in [0.25, 0.3) is 10.6 Å². The molecule has 0 aromatic carbocycles. The van der Waals surface area contributed by atoms with Crippen molar-refractivity contribution < 1.29 is 9.90 Å². The topological polar surface area (TPSA) is 63.1 Å². The number of pyridine rings is 1. The van der Waals surface area contributed by atoms with E-state index in [0.717, 1.165) is 16.3 Å². The zero-order chi connectivity index (χ0) is 10.8. The number of carbonyl (C=O) groups is 1. The van der Waals surface area contributed by atoms with Crippen molar-refractivity contribution in [2.75, 3.05) is 0 Å². The van der Waals surface area contributed by atoms with E-state index in [1.165, 1.54) is 23.6 Å². The molecule has 0 unspecified atom stereocenters. The molecule has 0 radical (unpaired) electrons. The smallest absolute Gasteiger partial charge is 0.354 e. The summed E-state index contributed by atoms with van der Waals surface area (Å²) in [6.45, 7) is 1.92. The maximum absolute atomic E-state index is 10.6. The molecule has 0 spiro atoms. The Hall–Kier alpha value is -1.75. The number of hydrogen-bond acceptors (Lipinski definition) is 4. The second kappa shape index (κ2) is 3.78. The lowest BCUT2D eigenvalue weighted by Gasteiger charge is -1.96. The van der Waals surface area contributed by atoms with Crippen LogP contribution >= 0.6 is 11.3 Å². The van der Waals surface area contributed by atoms with Crippen molar-refractivity contribution in [2.45, 2.75) is 6.92 Å². The summed E-state index contributed by atoms with van der Waals surface area (Å²) in [6, 6.07) is 3.20. The molecular weight excluding hydrogens is 212 g/mol. The average Bonchev–Trinajstić information content (AvgIpc) is 2.65. The maximum atomic E-state index is 10.6. The summed E-state index contributed by atoms with van der Waals surface area (Å²) >= 11 is 1.52. The van der Waals surface area contributed by atoms with Crippen LogP contribution in [0.5, 0.6) is 0 Å². The van der Waals surface area contributed by atoms with Gasteiger partial charge in [-0.25, -0.2) is 14.8 Å². The SMILES string of the molecule is Cc1csc(-c2ccc(C(=O)O)nc2)n1. The zero-order valence-corrected chi connectivity index (χ0v) is 8.78. The quantitative estimate of drug-likeness (QED) is 0.842. The molecular formula is C10H8N2O2S. The average molecular weight is 220 g/mol. The molecule has 0 aliphatic rings. The van der Waals surface area contributed by atoms with Gasteiger partial charge in [-0.3, -0.25) is 0 Å². The van der Waals surface area contributed by atoms with Crippen LogP contribution < -0.4 is 0 Å². The van der Waals surface area contributed by atoms with E-state index >= 15 is 0 Å². The molecule has 4 nitrogen and oxygen atoms in total. The minimum absolute atomic E-state index is 0.0482. The largest absolute Gasteiger partial charge is 0.477 e. The lowest BCUT2D eigenvalue weighted by Crippen LogP contribution is -1.98. The van der Waals surface area contributed by atoms with Crippen LogP contribution in [0.3, 0.4) is 0 Å². The van der Waals surface area contributed by atoms with E-state index in [9.17, 15) is 4.79 Å². The summed E-state index contributed by atoms with van der Waals surface area (Å²) in [5, 5.41) is 11.5. The van der Waals surface area contributed by atoms with Gasteiger partial charge in [-0.2, -0.15) is 0 Å². The fourth-order valence-electron chi connectivity index (χ4n) is 1.13. The van der Waals surface area contributed by atoms with E-state index in [1.54, 1.807) is 6.07 Å². The van der Waals surface area contributed by atoms with Gasteiger partial charge in [0.1, 0.15) is 10.7 Å². The van der Waals surface area contributed by atoms with Gasteiger partial charge in [0.25, 0.3) is 0 Å². The molecule has 0 amide bonds. The first-order valence-corrected chi connectivity index (χ1v) is 5.16. The molecule has 15 heavy (non-hydrogen) atoms. The normalized spacial score (nSPS) is 10.2. The summed E-state index contributed by atoms with van der Waals surface area (Å²) in [4.78, 5) is 18.7. The molecule has 0 fully saturated rings. The Morgan fingerprint density at radius 2 is 2.27 bits per heavy atom. The van der Waals surface area contributed by atoms with E-state index in [2.05, 4.69) is 9.97 Å². The number of carboxylic acid groups (broad SMARTS) is 1. The van der Waals surface area contributed by atoms with Crippen molar-refractivity contribution in [1.82, 2.24) is 9.97 Å². The van der Waals surface area contributed by atoms with Gasteiger partial charge in [0.05, 0.1) is 0 Å². The van der Waals surface area contributed by atoms with Gasteiger partial charge in [0.2, 0.25) is 0 Å². The number of aryl methyl sites for hydroxylation is 1. The standard InChI is InChI=1S/C10H8N2O2S/c1-6-5-15-9(12-6)7-2-3-8(10(13)14)11-4-7/h2-5H,1H3,(H,13,14). The molecule has 0 aliphatic heterocycles. The van der Waals surface area contributed by atoms with Crippen molar-refractivity contribution in [3.63, 3.8) is 0 Å². The summed E-state index contributed by atoms with van der Waals surface area (Å²) in [5.74, 6) is -1.02. The number of thiazole rings is 1. The van der Waals surface area contributed by atoms with Crippen LogP contribution in [0, 0.1) is 6.92 Å². The highest BCUT2D eigenvalue weighted by Gasteiger charge is 2.06. The van der Waals surface area contributed by atoms with Crippen LogP contribution in [-0.2, 0) is 0 Å². The second-order valence-corrected chi connectivity index (χ2v) is 3.89. The highest BCUT2D eigenvalue weighted by molar-refractivity contribution is 7.13. The third kappa shape index (κ3) is 2.02. The minimum atomic E-state index is -1.02. The third-order valence-electron chi connectivity index (χ3n) is 1.85. The Balaban J connectivity index is 2.35. The fourth-order valence-corrected chi connectivity index (χ4v) is 1.92. The predicted molar refractivity (Wildman–Crippen MR) is 57.0 cm³/mol. The van der Waals surface area contributed by atoms with Crippen molar-refractivity contribution in [3.8, 4) is 10.6 Å². The van der Waals surface area contributed by atoms with E-state index < -0.39 is 5.97 Å². The molecule has 2 aromatic heterocycles. The number of hydrogen-bond donors (Lipinski definition) is 1. The second-order valence-electron chi connectivity index (χ2n) is 3.03. The summed E-state index contributed by atoms with van der Waals surface area (Å²) in [5.41, 5.74) is 1.85. The van der Waals surface area contributed by atoms with Gasteiger partial charge in [0, 0.05) is 22.8 Å². The Labute approximate surface area is 90.3 Å². The van der Waals surface area contributed by atoms with Crippen LogP contribution in [0.2, 0.25) is 0 Å². The molecule has 0 aliphatic carbocycles. The lowest BCUT2D eigenvalue weighted by atomic mass is 10.2. The van der Waals surface area contributed by atoms with E-state index in [-0.39, 0.29) is 5.69 Å². The van der Waals surface area contributed by atoms with Crippen LogP contribution in [0.1, 0.15) is 16.2 Å². The summed E-state index contributed by atoms with van der Waals surface area (Å²) < 4.78 is 0. The predicted octanol–water partition coefficient (Wildman–Crippen LogP) is 2.21. The molecule has 5 heteroatoms. The highest BCUT2D eigenvalue weighted by Crippen LogP contribution is 2.22. The fraction of sp³-hybridized carbons (Fsp3) is 0.100. The van der Waals surface area contributed by atoms with E-state index in [4.69, 9.17) is 5.11 Å². The van der Waals surface area contributed by atoms with E-state index in [0.29, 0.717) is 0 Å². The molecule has 0 saturated heterocycles. The highest BCUT2D eigenvalue weighted by atomic mass is 32.1. The van der Waals surface area contributed by atoms with Crippen molar-refractivity contribution >= 4 is 17.3 Å². The van der Waals surface area contributed by atoms with E-state index in [1.807, 2.05) is 12.3 Å². The maximum Gasteiger partial charge on any atom is 0.354 e. The lowest BCUT2D eigenvalue weighted by molar-refractivity contribution is 0.0690. The molecule has 0 bridgehead atoms. The molecule has 2 aromatic rings. The number of carboxylic acids is 1. The molecule has 0 atom stereocenters. The molecule has 2 rings (SSSR count). The zero-order valence-electron chi connectivity index (χ0n) is 7.97. The van der Waals surface area contributed by atoms with Crippen LogP contribution in [0.4, 0.5) is 0 Å². The Kier molecular flexibility index (Phi) is 2.47. The van der Waals surface area contributed by atoms with Crippen molar-refractivity contribution in [3.05, 3.63) is 35.1 Å². The summed E-state index contributed by atoms with van der Waals surface area (Å²) in [7, 11) is 0. The van der Waals surface area contributed by atoms with Gasteiger partial charge in [0.15, 0.2) is 0 Å². The summed E-state index contributed by atoms with van der Waals surface area (Å²) in [6.07, 6.45) is 1.53. The van der Waals surface area contributed by atoms with Gasteiger partial charge >= 0.3 is 5.97 Å². The van der Waals surface area contributed by atoms with Gasteiger partial charge in [-0.1, -0.05) is 0 Å². The van der Waals surface area contributed by atoms with Crippen LogP contribution in [-0.4, -0.2) is 21.0 Å². The van der Waals surface area contributed by atoms with Gasteiger partial charge in [-0.15, -0.1) is 11.3 Å². The Morgan fingerprint density at radius 1 is 1.47 bits per heavy atom. The van der Waals surface area contributed by atoms with Gasteiger partial charge in [-0.05, 0) is 19.1 Å². The Morgan fingerprint density at radius 3 is 2.73 bits per heavy atom. The first kappa shape index (κ1) is 9.79. The van der Waals surface area contributed by atoms with Crippen molar-refractivity contribution in [1.29, 1.82) is 0 Å². The number of nitrogens with zero attached hydrogens (tertiary/aromatic N) is 2. The first-order chi connectivity index (χ1) is 7.16. The molecule has 76 valence electrons. The number of rotatable bonds is 2. The van der Waals surface area contributed by atoms with Gasteiger partial charge < -0.3 is 5.11 Å².